The van der Waals surface area contributed by atoms with Crippen molar-refractivity contribution in [2.45, 2.75) is 12.6 Å². The predicted molar refractivity (Wildman–Crippen MR) is 79.7 cm³/mol. The molecule has 0 amide bonds. The van der Waals surface area contributed by atoms with Crippen molar-refractivity contribution in [2.75, 3.05) is 0 Å². The number of nitrogens with zero attached hydrogens (tertiary/aromatic N) is 2. The van der Waals surface area contributed by atoms with Crippen LogP contribution in [0.4, 0.5) is 13.2 Å². The minimum absolute atomic E-state index is 0.0581. The number of rotatable bonds is 6. The van der Waals surface area contributed by atoms with Gasteiger partial charge in [0.05, 0.1) is 18.2 Å². The minimum Gasteiger partial charge on any atom is -0.465 e. The molecule has 0 saturated carbocycles. The summed E-state index contributed by atoms with van der Waals surface area (Å²) in [5.74, 6) is -1.60. The van der Waals surface area contributed by atoms with Crippen LogP contribution in [-0.4, -0.2) is 26.7 Å². The zero-order chi connectivity index (χ0) is 18.7. The summed E-state index contributed by atoms with van der Waals surface area (Å²) in [6.45, 7) is 0. The molecule has 3 aromatic rings. The quantitative estimate of drug-likeness (QED) is 0.532. The van der Waals surface area contributed by atoms with Gasteiger partial charge in [-0.05, 0) is 24.3 Å². The van der Waals surface area contributed by atoms with Crippen molar-refractivity contribution in [1.29, 1.82) is 0 Å². The Morgan fingerprint density at radius 3 is 2.50 bits per heavy atom. The number of aromatic amines is 1. The molecule has 1 N–H and O–H groups in total. The summed E-state index contributed by atoms with van der Waals surface area (Å²) in [6, 6.07) is 5.41. The fourth-order valence-corrected chi connectivity index (χ4v) is 2.06. The molecule has 7 nitrogen and oxygen atoms in total. The number of carbonyl (C=O) groups excluding carboxylic acids is 2. The van der Waals surface area contributed by atoms with Gasteiger partial charge in [-0.2, -0.15) is 18.3 Å². The number of benzene rings is 1. The highest BCUT2D eigenvalue weighted by atomic mass is 19.4. The van der Waals surface area contributed by atoms with Gasteiger partial charge in [0.1, 0.15) is 12.1 Å². The van der Waals surface area contributed by atoms with Crippen LogP contribution in [-0.2, 0) is 17.4 Å². The molecule has 0 radical (unpaired) electrons. The number of hydrogen-bond acceptors (Lipinski definition) is 6. The summed E-state index contributed by atoms with van der Waals surface area (Å²) in [6.07, 6.45) is -2.52. The topological polar surface area (TPSA) is 98.1 Å². The molecular formula is C16H10F3N3O4. The molecule has 0 aliphatic rings. The average Bonchev–Trinajstić information content (AvgIpc) is 3.26. The smallest absolute Gasteiger partial charge is 0.416 e. The van der Waals surface area contributed by atoms with Crippen molar-refractivity contribution in [1.82, 2.24) is 15.2 Å². The molecule has 2 heterocycles. The first kappa shape index (κ1) is 17.4. The molecule has 0 bridgehead atoms. The van der Waals surface area contributed by atoms with E-state index in [1.165, 1.54) is 12.3 Å². The van der Waals surface area contributed by atoms with Crippen LogP contribution in [0, 0.1) is 0 Å². The Kier molecular flexibility index (Phi) is 4.57. The third kappa shape index (κ3) is 3.79. The Labute approximate surface area is 143 Å². The molecule has 26 heavy (non-hydrogen) atoms. The molecule has 0 fully saturated rings. The molecular weight excluding hydrogens is 355 g/mol. The summed E-state index contributed by atoms with van der Waals surface area (Å²) < 4.78 is 48.2. The average molecular weight is 365 g/mol. The van der Waals surface area contributed by atoms with Crippen molar-refractivity contribution in [3.05, 3.63) is 60.1 Å². The second-order valence-electron chi connectivity index (χ2n) is 5.10. The summed E-state index contributed by atoms with van der Waals surface area (Å²) in [5.41, 5.74) is -0.815. The van der Waals surface area contributed by atoms with Crippen LogP contribution in [0.3, 0.4) is 0 Å². The number of hydrogen-bond donors (Lipinski definition) is 1. The molecule has 0 atom stereocenters. The molecule has 1 aromatic carbocycles. The lowest BCUT2D eigenvalue weighted by Crippen LogP contribution is -2.18. The Morgan fingerprint density at radius 1 is 1.15 bits per heavy atom. The van der Waals surface area contributed by atoms with E-state index in [0.29, 0.717) is 0 Å². The number of Topliss-reactive ketones (excluding diaryl/α,β-unsaturated/α-hetero) is 2. The largest absolute Gasteiger partial charge is 0.465 e. The first-order valence-electron chi connectivity index (χ1n) is 7.19. The van der Waals surface area contributed by atoms with Crippen LogP contribution in [0.5, 0.6) is 11.5 Å². The number of nitrogens with one attached hydrogen (secondary N) is 1. The molecule has 0 unspecified atom stereocenters. The van der Waals surface area contributed by atoms with Gasteiger partial charge in [0.15, 0.2) is 17.3 Å². The van der Waals surface area contributed by atoms with Crippen molar-refractivity contribution in [3.8, 4) is 11.5 Å². The lowest BCUT2D eigenvalue weighted by Gasteiger charge is -2.08. The first-order valence-corrected chi connectivity index (χ1v) is 7.19. The SMILES string of the molecule is O=C(Cc1occc1Oc1ccc(C(F)(F)F)cc1)C(=O)c1ncn[nH]1. The molecule has 3 rings (SSSR count). The van der Waals surface area contributed by atoms with E-state index in [1.54, 1.807) is 0 Å². The number of carbonyl (C=O) groups is 2. The lowest BCUT2D eigenvalue weighted by atomic mass is 10.1. The van der Waals surface area contributed by atoms with Gasteiger partial charge in [-0.15, -0.1) is 0 Å². The van der Waals surface area contributed by atoms with Crippen LogP contribution in [0.2, 0.25) is 0 Å². The van der Waals surface area contributed by atoms with Crippen LogP contribution < -0.4 is 4.74 Å². The second kappa shape index (κ2) is 6.82. The predicted octanol–water partition coefficient (Wildman–Crippen LogP) is 3.20. The van der Waals surface area contributed by atoms with Gasteiger partial charge in [-0.1, -0.05) is 0 Å². The summed E-state index contributed by atoms with van der Waals surface area (Å²) in [7, 11) is 0. The maximum atomic E-state index is 12.6. The van der Waals surface area contributed by atoms with Crippen LogP contribution in [0.1, 0.15) is 21.9 Å². The van der Waals surface area contributed by atoms with Gasteiger partial charge in [0.25, 0.3) is 5.78 Å². The highest BCUT2D eigenvalue weighted by Gasteiger charge is 2.30. The first-order chi connectivity index (χ1) is 12.3. The number of aromatic nitrogens is 3. The molecule has 10 heteroatoms. The molecule has 0 spiro atoms. The van der Waals surface area contributed by atoms with E-state index in [1.807, 2.05) is 0 Å². The van der Waals surface area contributed by atoms with E-state index in [-0.39, 0.29) is 23.1 Å². The lowest BCUT2D eigenvalue weighted by molar-refractivity contribution is -0.137. The van der Waals surface area contributed by atoms with Crippen LogP contribution >= 0.6 is 0 Å². The fraction of sp³-hybridized carbons (Fsp3) is 0.125. The standard InChI is InChI=1S/C16H10F3N3O4/c17-16(18,19)9-1-3-10(4-2-9)26-12-5-6-25-13(12)7-11(23)14(24)15-20-8-21-22-15/h1-6,8H,7H2,(H,20,21,22). The zero-order valence-corrected chi connectivity index (χ0v) is 12.9. The van der Waals surface area contributed by atoms with Gasteiger partial charge in [0.2, 0.25) is 5.78 Å². The van der Waals surface area contributed by atoms with E-state index in [0.717, 1.165) is 30.6 Å². The highest BCUT2D eigenvalue weighted by molar-refractivity contribution is 6.43. The monoisotopic (exact) mass is 365 g/mol. The summed E-state index contributed by atoms with van der Waals surface area (Å²) in [5, 5.41) is 5.77. The Balaban J connectivity index is 1.71. The van der Waals surface area contributed by atoms with Gasteiger partial charge in [-0.3, -0.25) is 14.7 Å². The van der Waals surface area contributed by atoms with Crippen molar-refractivity contribution in [3.63, 3.8) is 0 Å². The number of ether oxygens (including phenoxy) is 1. The Bertz CT molecular complexity index is 915. The van der Waals surface area contributed by atoms with Crippen molar-refractivity contribution < 1.29 is 31.9 Å². The van der Waals surface area contributed by atoms with Gasteiger partial charge in [0, 0.05) is 6.07 Å². The molecule has 134 valence electrons. The number of halogens is 3. The van der Waals surface area contributed by atoms with Gasteiger partial charge in [-0.25, -0.2) is 4.98 Å². The van der Waals surface area contributed by atoms with E-state index in [2.05, 4.69) is 15.2 Å². The normalized spacial score (nSPS) is 11.3. The van der Waals surface area contributed by atoms with Crippen LogP contribution in [0.15, 0.2) is 47.3 Å². The fourth-order valence-electron chi connectivity index (χ4n) is 2.06. The molecule has 0 aliphatic carbocycles. The second-order valence-corrected chi connectivity index (χ2v) is 5.10. The van der Waals surface area contributed by atoms with Crippen LogP contribution in [0.25, 0.3) is 0 Å². The number of H-pyrrole nitrogens is 1. The van der Waals surface area contributed by atoms with E-state index < -0.39 is 29.7 Å². The molecule has 0 aliphatic heterocycles. The zero-order valence-electron chi connectivity index (χ0n) is 12.9. The molecule has 0 saturated heterocycles. The van der Waals surface area contributed by atoms with E-state index in [4.69, 9.17) is 9.15 Å². The summed E-state index contributed by atoms with van der Waals surface area (Å²) >= 11 is 0. The maximum absolute atomic E-state index is 12.6. The van der Waals surface area contributed by atoms with Gasteiger partial charge >= 0.3 is 6.18 Å². The number of furan rings is 1. The van der Waals surface area contributed by atoms with E-state index in [9.17, 15) is 22.8 Å². The Morgan fingerprint density at radius 2 is 1.88 bits per heavy atom. The van der Waals surface area contributed by atoms with E-state index >= 15 is 0 Å². The molecule has 2 aromatic heterocycles. The maximum Gasteiger partial charge on any atom is 0.416 e. The third-order valence-corrected chi connectivity index (χ3v) is 3.32. The Hall–Kier alpha value is -3.43. The van der Waals surface area contributed by atoms with Gasteiger partial charge < -0.3 is 9.15 Å². The van der Waals surface area contributed by atoms with Crippen molar-refractivity contribution >= 4 is 11.6 Å². The summed E-state index contributed by atoms with van der Waals surface area (Å²) in [4.78, 5) is 27.4. The highest BCUT2D eigenvalue weighted by Crippen LogP contribution is 2.32. The number of alkyl halides is 3. The van der Waals surface area contributed by atoms with Crippen molar-refractivity contribution in [2.24, 2.45) is 0 Å². The number of ketones is 2. The minimum atomic E-state index is -4.45. The third-order valence-electron chi connectivity index (χ3n) is 3.32.